The largest absolute Gasteiger partial charge is 0.497 e. The van der Waals surface area contributed by atoms with E-state index >= 15 is 0 Å². The summed E-state index contributed by atoms with van der Waals surface area (Å²) in [6.07, 6.45) is 2.39. The Bertz CT molecular complexity index is 825. The molecule has 3 aromatic rings. The predicted molar refractivity (Wildman–Crippen MR) is 83.9 cm³/mol. The van der Waals surface area contributed by atoms with Crippen LogP contribution in [0.25, 0.3) is 22.0 Å². The highest BCUT2D eigenvalue weighted by Gasteiger charge is 2.09. The number of carbonyl (C=O) groups is 1. The van der Waals surface area contributed by atoms with Crippen LogP contribution in [0, 0.1) is 6.92 Å². The Kier molecular flexibility index (Phi) is 3.40. The van der Waals surface area contributed by atoms with Crippen molar-refractivity contribution >= 4 is 17.2 Å². The molecule has 0 spiro atoms. The Morgan fingerprint density at radius 3 is 2.71 bits per heavy atom. The van der Waals surface area contributed by atoms with Crippen molar-refractivity contribution in [2.45, 2.75) is 6.92 Å². The van der Waals surface area contributed by atoms with Crippen LogP contribution in [-0.2, 0) is 0 Å². The minimum absolute atomic E-state index is 0.571. The summed E-state index contributed by atoms with van der Waals surface area (Å²) < 4.78 is 5.36. The number of aldehydes is 1. The molecular formula is C18H15NO2. The van der Waals surface area contributed by atoms with E-state index in [9.17, 15) is 4.79 Å². The smallest absolute Gasteiger partial charge is 0.151 e. The maximum absolute atomic E-state index is 11.0. The highest BCUT2D eigenvalue weighted by Crippen LogP contribution is 2.32. The number of methoxy groups -OCH3 is 1. The van der Waals surface area contributed by atoms with Gasteiger partial charge >= 0.3 is 0 Å². The van der Waals surface area contributed by atoms with Crippen molar-refractivity contribution in [3.8, 4) is 16.9 Å². The van der Waals surface area contributed by atoms with Gasteiger partial charge in [0.1, 0.15) is 5.75 Å². The molecule has 3 nitrogen and oxygen atoms in total. The highest BCUT2D eigenvalue weighted by atomic mass is 16.5. The van der Waals surface area contributed by atoms with E-state index in [0.29, 0.717) is 5.56 Å². The SMILES string of the molecule is COc1cc(-c2cccc(C)c2)c2cc(C=O)cnc2c1. The molecule has 3 heteroatoms. The van der Waals surface area contributed by atoms with Crippen LogP contribution in [0.5, 0.6) is 5.75 Å². The first kappa shape index (κ1) is 13.3. The minimum atomic E-state index is 0.571. The Morgan fingerprint density at radius 2 is 2.00 bits per heavy atom. The van der Waals surface area contributed by atoms with E-state index in [1.807, 2.05) is 24.3 Å². The minimum Gasteiger partial charge on any atom is -0.497 e. The van der Waals surface area contributed by atoms with E-state index in [2.05, 4.69) is 30.1 Å². The Morgan fingerprint density at radius 1 is 1.14 bits per heavy atom. The average molecular weight is 277 g/mol. The zero-order valence-corrected chi connectivity index (χ0v) is 12.0. The molecule has 0 amide bonds. The van der Waals surface area contributed by atoms with Gasteiger partial charge < -0.3 is 4.74 Å². The summed E-state index contributed by atoms with van der Waals surface area (Å²) in [5.74, 6) is 0.755. The van der Waals surface area contributed by atoms with E-state index in [4.69, 9.17) is 4.74 Å². The van der Waals surface area contributed by atoms with Crippen molar-refractivity contribution in [3.63, 3.8) is 0 Å². The first-order valence-electron chi connectivity index (χ1n) is 6.71. The lowest BCUT2D eigenvalue weighted by Gasteiger charge is -2.10. The Hall–Kier alpha value is -2.68. The summed E-state index contributed by atoms with van der Waals surface area (Å²) in [6.45, 7) is 2.06. The molecule has 0 bridgehead atoms. The fraction of sp³-hybridized carbons (Fsp3) is 0.111. The van der Waals surface area contributed by atoms with Crippen LogP contribution in [0.1, 0.15) is 15.9 Å². The van der Waals surface area contributed by atoms with Crippen molar-refractivity contribution in [1.82, 2.24) is 4.98 Å². The normalized spacial score (nSPS) is 10.6. The molecule has 0 atom stereocenters. The van der Waals surface area contributed by atoms with Gasteiger partial charge in [-0.2, -0.15) is 0 Å². The molecule has 0 N–H and O–H groups in total. The first-order chi connectivity index (χ1) is 10.2. The lowest BCUT2D eigenvalue weighted by Crippen LogP contribution is -1.91. The molecule has 0 saturated carbocycles. The van der Waals surface area contributed by atoms with Crippen LogP contribution in [0.3, 0.4) is 0 Å². The number of pyridine rings is 1. The van der Waals surface area contributed by atoms with Gasteiger partial charge in [-0.05, 0) is 30.2 Å². The first-order valence-corrected chi connectivity index (χ1v) is 6.71. The van der Waals surface area contributed by atoms with Gasteiger partial charge in [0.2, 0.25) is 0 Å². The summed E-state index contributed by atoms with van der Waals surface area (Å²) >= 11 is 0. The molecule has 0 radical (unpaired) electrons. The fourth-order valence-corrected chi connectivity index (χ4v) is 2.45. The van der Waals surface area contributed by atoms with E-state index in [1.165, 1.54) is 5.56 Å². The fourth-order valence-electron chi connectivity index (χ4n) is 2.45. The number of nitrogens with zero attached hydrogens (tertiary/aromatic N) is 1. The van der Waals surface area contributed by atoms with Gasteiger partial charge in [-0.1, -0.05) is 29.8 Å². The second-order valence-electron chi connectivity index (χ2n) is 5.00. The van der Waals surface area contributed by atoms with Gasteiger partial charge in [0, 0.05) is 23.2 Å². The van der Waals surface area contributed by atoms with E-state index in [0.717, 1.165) is 34.1 Å². The summed E-state index contributed by atoms with van der Waals surface area (Å²) in [5.41, 5.74) is 4.67. The molecule has 104 valence electrons. The van der Waals surface area contributed by atoms with E-state index in [1.54, 1.807) is 13.3 Å². The van der Waals surface area contributed by atoms with Crippen LogP contribution in [0.4, 0.5) is 0 Å². The molecule has 0 fully saturated rings. The quantitative estimate of drug-likeness (QED) is 0.678. The molecular weight excluding hydrogens is 262 g/mol. The van der Waals surface area contributed by atoms with E-state index < -0.39 is 0 Å². The van der Waals surface area contributed by atoms with Gasteiger partial charge in [-0.3, -0.25) is 9.78 Å². The molecule has 0 saturated heterocycles. The van der Waals surface area contributed by atoms with Crippen molar-refractivity contribution in [1.29, 1.82) is 0 Å². The average Bonchev–Trinajstić information content (AvgIpc) is 2.53. The summed E-state index contributed by atoms with van der Waals surface area (Å²) in [5, 5.41) is 0.950. The van der Waals surface area contributed by atoms with Gasteiger partial charge in [0.05, 0.1) is 12.6 Å². The summed E-state index contributed by atoms with van der Waals surface area (Å²) in [6, 6.07) is 14.0. The van der Waals surface area contributed by atoms with Crippen LogP contribution < -0.4 is 4.74 Å². The lowest BCUT2D eigenvalue weighted by molar-refractivity contribution is 0.112. The number of carbonyl (C=O) groups excluding carboxylic acids is 1. The van der Waals surface area contributed by atoms with Gasteiger partial charge in [-0.25, -0.2) is 0 Å². The topological polar surface area (TPSA) is 39.2 Å². The monoisotopic (exact) mass is 277 g/mol. The summed E-state index contributed by atoms with van der Waals surface area (Å²) in [4.78, 5) is 15.4. The molecule has 0 aliphatic carbocycles. The Labute approximate surface area is 123 Å². The number of ether oxygens (including phenoxy) is 1. The molecule has 21 heavy (non-hydrogen) atoms. The molecule has 3 rings (SSSR count). The molecule has 1 heterocycles. The van der Waals surface area contributed by atoms with Crippen molar-refractivity contribution in [2.75, 3.05) is 7.11 Å². The number of fused-ring (bicyclic) bond motifs is 1. The number of hydrogen-bond acceptors (Lipinski definition) is 3. The van der Waals surface area contributed by atoms with Crippen LogP contribution >= 0.6 is 0 Å². The van der Waals surface area contributed by atoms with Gasteiger partial charge in [0.25, 0.3) is 0 Å². The molecule has 2 aromatic carbocycles. The maximum atomic E-state index is 11.0. The maximum Gasteiger partial charge on any atom is 0.151 e. The van der Waals surface area contributed by atoms with Crippen LogP contribution in [0.15, 0.2) is 48.7 Å². The Balaban J connectivity index is 2.34. The second kappa shape index (κ2) is 5.37. The molecule has 1 aromatic heterocycles. The predicted octanol–water partition coefficient (Wildman–Crippen LogP) is 4.03. The van der Waals surface area contributed by atoms with Crippen LogP contribution in [-0.4, -0.2) is 18.4 Å². The zero-order chi connectivity index (χ0) is 14.8. The molecule has 0 aliphatic rings. The number of rotatable bonds is 3. The highest BCUT2D eigenvalue weighted by molar-refractivity contribution is 5.98. The van der Waals surface area contributed by atoms with Gasteiger partial charge in [0.15, 0.2) is 6.29 Å². The summed E-state index contributed by atoms with van der Waals surface area (Å²) in [7, 11) is 1.64. The van der Waals surface area contributed by atoms with Gasteiger partial charge in [-0.15, -0.1) is 0 Å². The number of aromatic nitrogens is 1. The van der Waals surface area contributed by atoms with Crippen molar-refractivity contribution < 1.29 is 9.53 Å². The van der Waals surface area contributed by atoms with Crippen LogP contribution in [0.2, 0.25) is 0 Å². The third-order valence-corrected chi connectivity index (χ3v) is 3.50. The van der Waals surface area contributed by atoms with E-state index in [-0.39, 0.29) is 0 Å². The van der Waals surface area contributed by atoms with Crippen molar-refractivity contribution in [3.05, 3.63) is 59.8 Å². The number of hydrogen-bond donors (Lipinski definition) is 0. The lowest BCUT2D eigenvalue weighted by atomic mass is 9.98. The third-order valence-electron chi connectivity index (χ3n) is 3.50. The molecule has 0 aliphatic heterocycles. The standard InChI is InChI=1S/C18H15NO2/c1-12-4-3-5-14(6-12)16-8-15(21-2)9-18-17(16)7-13(11-20)10-19-18/h3-11H,1-2H3. The van der Waals surface area contributed by atoms with Crippen molar-refractivity contribution in [2.24, 2.45) is 0 Å². The number of benzene rings is 2. The number of aryl methyl sites for hydroxylation is 1. The second-order valence-corrected chi connectivity index (χ2v) is 5.00. The zero-order valence-electron chi connectivity index (χ0n) is 12.0. The third kappa shape index (κ3) is 2.50. The molecule has 0 unspecified atom stereocenters.